The van der Waals surface area contributed by atoms with Crippen LogP contribution in [0.25, 0.3) is 10.6 Å². The number of hydrogen-bond acceptors (Lipinski definition) is 4. The normalized spacial score (nSPS) is 15.9. The number of nitrogens with zero attached hydrogens (tertiary/aromatic N) is 2. The molecule has 0 aliphatic carbocycles. The summed E-state index contributed by atoms with van der Waals surface area (Å²) in [6.07, 6.45) is 1.98. The van der Waals surface area contributed by atoms with Crippen LogP contribution >= 0.6 is 11.3 Å². The summed E-state index contributed by atoms with van der Waals surface area (Å²) >= 11 is 1.37. The number of halogens is 1. The maximum absolute atomic E-state index is 13.0. The summed E-state index contributed by atoms with van der Waals surface area (Å²) in [5.41, 5.74) is 1.56. The summed E-state index contributed by atoms with van der Waals surface area (Å²) in [5.74, 6) is -0.248. The smallest absolute Gasteiger partial charge is 0.265 e. The van der Waals surface area contributed by atoms with Crippen molar-refractivity contribution in [3.05, 3.63) is 40.7 Å². The quantitative estimate of drug-likeness (QED) is 0.863. The number of aromatic nitrogens is 1. The summed E-state index contributed by atoms with van der Waals surface area (Å²) in [5, 5.41) is 0.748. The topological polar surface area (TPSA) is 42.4 Å². The number of amides is 1. The van der Waals surface area contributed by atoms with E-state index in [1.807, 2.05) is 11.8 Å². The number of hydrogen-bond donors (Lipinski definition) is 0. The van der Waals surface area contributed by atoms with Gasteiger partial charge in [0.2, 0.25) is 0 Å². The first-order chi connectivity index (χ1) is 11.1. The van der Waals surface area contributed by atoms with Crippen LogP contribution in [0.5, 0.6) is 0 Å². The van der Waals surface area contributed by atoms with Gasteiger partial charge in [0.15, 0.2) is 0 Å². The number of rotatable bonds is 3. The van der Waals surface area contributed by atoms with Crippen LogP contribution in [0.15, 0.2) is 24.3 Å². The van der Waals surface area contributed by atoms with E-state index < -0.39 is 0 Å². The Hall–Kier alpha value is -1.79. The molecule has 1 aromatic carbocycles. The van der Waals surface area contributed by atoms with Gasteiger partial charge in [-0.25, -0.2) is 9.37 Å². The molecule has 0 spiro atoms. The number of methoxy groups -OCH3 is 1. The Balaban J connectivity index is 1.78. The minimum atomic E-state index is -0.278. The van der Waals surface area contributed by atoms with Crippen LogP contribution in [-0.2, 0) is 4.74 Å². The highest BCUT2D eigenvalue weighted by atomic mass is 32.1. The largest absolute Gasteiger partial charge is 0.381 e. The molecule has 1 aromatic heterocycles. The van der Waals surface area contributed by atoms with E-state index in [2.05, 4.69) is 4.98 Å². The van der Waals surface area contributed by atoms with Crippen molar-refractivity contribution < 1.29 is 13.9 Å². The number of carbonyl (C=O) groups excluding carboxylic acids is 1. The fourth-order valence-corrected chi connectivity index (χ4v) is 3.79. The minimum absolute atomic E-state index is 0.0305. The zero-order chi connectivity index (χ0) is 16.4. The van der Waals surface area contributed by atoms with Gasteiger partial charge >= 0.3 is 0 Å². The highest BCUT2D eigenvalue weighted by Crippen LogP contribution is 2.29. The zero-order valence-electron chi connectivity index (χ0n) is 13.2. The summed E-state index contributed by atoms with van der Waals surface area (Å²) in [4.78, 5) is 19.7. The fourth-order valence-electron chi connectivity index (χ4n) is 2.75. The Morgan fingerprint density at radius 1 is 1.30 bits per heavy atom. The van der Waals surface area contributed by atoms with Gasteiger partial charge in [-0.15, -0.1) is 11.3 Å². The van der Waals surface area contributed by atoms with E-state index in [4.69, 9.17) is 4.74 Å². The molecule has 4 nitrogen and oxygen atoms in total. The van der Waals surface area contributed by atoms with Gasteiger partial charge < -0.3 is 9.64 Å². The van der Waals surface area contributed by atoms with Gasteiger partial charge in [-0.3, -0.25) is 4.79 Å². The third-order valence-electron chi connectivity index (χ3n) is 4.14. The van der Waals surface area contributed by atoms with Gasteiger partial charge in [0.1, 0.15) is 15.7 Å². The molecule has 0 atom stereocenters. The molecule has 1 aliphatic heterocycles. The van der Waals surface area contributed by atoms with Crippen LogP contribution in [0.1, 0.15) is 28.2 Å². The third kappa shape index (κ3) is 3.43. The molecular weight excluding hydrogens is 315 g/mol. The van der Waals surface area contributed by atoms with Crippen molar-refractivity contribution in [1.82, 2.24) is 9.88 Å². The highest BCUT2D eigenvalue weighted by Gasteiger charge is 2.26. The maximum atomic E-state index is 13.0. The van der Waals surface area contributed by atoms with Gasteiger partial charge in [0.05, 0.1) is 11.8 Å². The average molecular weight is 334 g/mol. The molecule has 0 bridgehead atoms. The molecule has 1 fully saturated rings. The predicted octanol–water partition coefficient (Wildman–Crippen LogP) is 3.51. The van der Waals surface area contributed by atoms with Crippen LogP contribution in [0, 0.1) is 12.7 Å². The number of piperidine rings is 1. The lowest BCUT2D eigenvalue weighted by molar-refractivity contribution is 0.0353. The standard InChI is InChI=1S/C17H19FN2O2S/c1-11-15(17(21)20-9-7-14(22-2)8-10-20)23-16(19-11)12-3-5-13(18)6-4-12/h3-6,14H,7-10H2,1-2H3. The molecule has 0 N–H and O–H groups in total. The highest BCUT2D eigenvalue weighted by molar-refractivity contribution is 7.17. The number of aryl methyl sites for hydroxylation is 1. The van der Waals surface area contributed by atoms with E-state index in [0.29, 0.717) is 18.0 Å². The van der Waals surface area contributed by atoms with Crippen molar-refractivity contribution >= 4 is 17.2 Å². The predicted molar refractivity (Wildman–Crippen MR) is 88.2 cm³/mol. The van der Waals surface area contributed by atoms with E-state index in [1.54, 1.807) is 19.2 Å². The summed E-state index contributed by atoms with van der Waals surface area (Å²) in [7, 11) is 1.71. The molecule has 6 heteroatoms. The average Bonchev–Trinajstić information content (AvgIpc) is 2.96. The van der Waals surface area contributed by atoms with Crippen molar-refractivity contribution in [3.63, 3.8) is 0 Å². The molecule has 3 rings (SSSR count). The van der Waals surface area contributed by atoms with Crippen molar-refractivity contribution in [3.8, 4) is 10.6 Å². The Morgan fingerprint density at radius 2 is 1.96 bits per heavy atom. The van der Waals surface area contributed by atoms with Gasteiger partial charge in [0, 0.05) is 25.8 Å². The number of benzene rings is 1. The Morgan fingerprint density at radius 3 is 2.57 bits per heavy atom. The molecule has 0 radical (unpaired) electrons. The second-order valence-electron chi connectivity index (χ2n) is 5.67. The zero-order valence-corrected chi connectivity index (χ0v) is 14.0. The SMILES string of the molecule is COC1CCN(C(=O)c2sc(-c3ccc(F)cc3)nc2C)CC1. The van der Waals surface area contributed by atoms with Crippen molar-refractivity contribution in [2.45, 2.75) is 25.9 Å². The molecule has 1 aliphatic rings. The van der Waals surface area contributed by atoms with Crippen LogP contribution in [0.3, 0.4) is 0 Å². The van der Waals surface area contributed by atoms with Crippen molar-refractivity contribution in [2.24, 2.45) is 0 Å². The molecule has 122 valence electrons. The summed E-state index contributed by atoms with van der Waals surface area (Å²) in [6.45, 7) is 3.26. The molecular formula is C17H19FN2O2S. The maximum Gasteiger partial charge on any atom is 0.265 e. The molecule has 2 heterocycles. The lowest BCUT2D eigenvalue weighted by Gasteiger charge is -2.31. The van der Waals surface area contributed by atoms with Gasteiger partial charge in [-0.05, 0) is 44.0 Å². The number of carbonyl (C=O) groups is 1. The van der Waals surface area contributed by atoms with Crippen LogP contribution in [0.2, 0.25) is 0 Å². The van der Waals surface area contributed by atoms with Crippen LogP contribution < -0.4 is 0 Å². The Labute approximate surface area is 138 Å². The van der Waals surface area contributed by atoms with Gasteiger partial charge in [-0.2, -0.15) is 0 Å². The molecule has 0 unspecified atom stereocenters. The van der Waals surface area contributed by atoms with E-state index in [0.717, 1.165) is 29.1 Å². The molecule has 1 amide bonds. The second-order valence-corrected chi connectivity index (χ2v) is 6.67. The molecule has 23 heavy (non-hydrogen) atoms. The lowest BCUT2D eigenvalue weighted by atomic mass is 10.1. The first kappa shape index (κ1) is 16.1. The summed E-state index contributed by atoms with van der Waals surface area (Å²) < 4.78 is 18.4. The van der Waals surface area contributed by atoms with E-state index >= 15 is 0 Å². The Bertz CT molecular complexity index is 691. The Kier molecular flexibility index (Phi) is 4.73. The molecule has 0 saturated carbocycles. The molecule has 2 aromatic rings. The second kappa shape index (κ2) is 6.76. The minimum Gasteiger partial charge on any atom is -0.381 e. The van der Waals surface area contributed by atoms with Crippen molar-refractivity contribution in [2.75, 3.05) is 20.2 Å². The van der Waals surface area contributed by atoms with E-state index in [-0.39, 0.29) is 17.8 Å². The van der Waals surface area contributed by atoms with Crippen LogP contribution in [0.4, 0.5) is 4.39 Å². The third-order valence-corrected chi connectivity index (χ3v) is 5.34. The van der Waals surface area contributed by atoms with Gasteiger partial charge in [-0.1, -0.05) is 0 Å². The van der Waals surface area contributed by atoms with Crippen LogP contribution in [-0.4, -0.2) is 42.1 Å². The number of thiazole rings is 1. The fraction of sp³-hybridized carbons (Fsp3) is 0.412. The first-order valence-electron chi connectivity index (χ1n) is 7.64. The monoisotopic (exact) mass is 334 g/mol. The van der Waals surface area contributed by atoms with E-state index in [1.165, 1.54) is 23.5 Å². The number of ether oxygens (including phenoxy) is 1. The first-order valence-corrected chi connectivity index (χ1v) is 8.45. The molecule has 1 saturated heterocycles. The lowest BCUT2D eigenvalue weighted by Crippen LogP contribution is -2.40. The van der Waals surface area contributed by atoms with Gasteiger partial charge in [0.25, 0.3) is 5.91 Å². The number of likely N-dealkylation sites (tertiary alicyclic amines) is 1. The van der Waals surface area contributed by atoms with Crippen molar-refractivity contribution in [1.29, 1.82) is 0 Å². The summed E-state index contributed by atoms with van der Waals surface area (Å²) in [6, 6.07) is 6.18. The van der Waals surface area contributed by atoms with E-state index in [9.17, 15) is 9.18 Å².